The lowest BCUT2D eigenvalue weighted by Gasteiger charge is -2.10. The lowest BCUT2D eigenvalue weighted by atomic mass is 10.3. The van der Waals surface area contributed by atoms with E-state index in [1.165, 1.54) is 12.1 Å². The highest BCUT2D eigenvalue weighted by Crippen LogP contribution is 2.16. The smallest absolute Gasteiger partial charge is 0.269 e. The molecular weight excluding hydrogens is 316 g/mol. The highest BCUT2D eigenvalue weighted by molar-refractivity contribution is 5.35. The fraction of sp³-hybridized carbons (Fsp3) is 0.625. The summed E-state index contributed by atoms with van der Waals surface area (Å²) in [5, 5.41) is 10.5. The molecule has 0 saturated heterocycles. The molecule has 1 aromatic carbocycles. The minimum atomic E-state index is -0.444. The second-order valence-corrected chi connectivity index (χ2v) is 5.24. The molecule has 1 rings (SSSR count). The summed E-state index contributed by atoms with van der Waals surface area (Å²) in [5.41, 5.74) is 0.0430. The maximum absolute atomic E-state index is 10.5. The van der Waals surface area contributed by atoms with E-state index in [9.17, 15) is 10.1 Å². The van der Waals surface area contributed by atoms with Gasteiger partial charge in [0.2, 0.25) is 0 Å². The second kappa shape index (κ2) is 12.7. The maximum atomic E-state index is 10.5. The van der Waals surface area contributed by atoms with Gasteiger partial charge in [-0.25, -0.2) is 0 Å². The molecule has 0 aliphatic rings. The average molecular weight is 342 g/mol. The van der Waals surface area contributed by atoms with Crippen molar-refractivity contribution < 1.29 is 23.9 Å². The molecule has 136 valence electrons. The summed E-state index contributed by atoms with van der Waals surface area (Å²) >= 11 is 0. The van der Waals surface area contributed by atoms with E-state index < -0.39 is 4.92 Å². The van der Waals surface area contributed by atoms with Gasteiger partial charge in [0, 0.05) is 18.7 Å². The Hall–Kier alpha value is -1.74. The SMILES string of the molecule is CN(C)CCOCCOCCOCCOc1ccc([N+](=O)[O-])cc1. The van der Waals surface area contributed by atoms with E-state index in [0.29, 0.717) is 52.0 Å². The van der Waals surface area contributed by atoms with Gasteiger partial charge in [-0.2, -0.15) is 0 Å². The Morgan fingerprint density at radius 2 is 1.38 bits per heavy atom. The van der Waals surface area contributed by atoms with Gasteiger partial charge in [0.25, 0.3) is 5.69 Å². The predicted molar refractivity (Wildman–Crippen MR) is 89.6 cm³/mol. The number of benzene rings is 1. The number of nitrogens with zero attached hydrogens (tertiary/aromatic N) is 2. The molecule has 0 bridgehead atoms. The van der Waals surface area contributed by atoms with Crippen LogP contribution in [0.3, 0.4) is 0 Å². The molecule has 8 heteroatoms. The van der Waals surface area contributed by atoms with E-state index in [4.69, 9.17) is 18.9 Å². The van der Waals surface area contributed by atoms with Crippen LogP contribution in [0.4, 0.5) is 5.69 Å². The largest absolute Gasteiger partial charge is 0.491 e. The summed E-state index contributed by atoms with van der Waals surface area (Å²) in [6.45, 7) is 4.54. The zero-order valence-electron chi connectivity index (χ0n) is 14.3. The van der Waals surface area contributed by atoms with Crippen molar-refractivity contribution in [2.45, 2.75) is 0 Å². The van der Waals surface area contributed by atoms with E-state index in [-0.39, 0.29) is 5.69 Å². The van der Waals surface area contributed by atoms with Gasteiger partial charge in [0.1, 0.15) is 12.4 Å². The first-order valence-corrected chi connectivity index (χ1v) is 7.85. The molecule has 0 atom stereocenters. The Morgan fingerprint density at radius 3 is 1.88 bits per heavy atom. The Kier molecular flexibility index (Phi) is 10.7. The number of rotatable bonds is 14. The van der Waals surface area contributed by atoms with Crippen LogP contribution in [-0.4, -0.2) is 76.7 Å². The zero-order valence-corrected chi connectivity index (χ0v) is 14.3. The Bertz CT molecular complexity index is 452. The summed E-state index contributed by atoms with van der Waals surface area (Å²) < 4.78 is 21.6. The monoisotopic (exact) mass is 342 g/mol. The third-order valence-corrected chi connectivity index (χ3v) is 2.97. The molecule has 0 unspecified atom stereocenters. The standard InChI is InChI=1S/C16H26N2O6/c1-17(2)7-8-21-9-10-22-11-12-23-13-14-24-16-5-3-15(4-6-16)18(19)20/h3-6H,7-14H2,1-2H3. The van der Waals surface area contributed by atoms with E-state index in [1.54, 1.807) is 12.1 Å². The molecule has 0 radical (unpaired) electrons. The normalized spacial score (nSPS) is 11.0. The number of nitro benzene ring substituents is 1. The van der Waals surface area contributed by atoms with Crippen LogP contribution >= 0.6 is 0 Å². The molecule has 0 saturated carbocycles. The van der Waals surface area contributed by atoms with Crippen molar-refractivity contribution in [2.75, 3.05) is 66.9 Å². The molecule has 0 aliphatic heterocycles. The first kappa shape index (κ1) is 20.3. The van der Waals surface area contributed by atoms with E-state index in [1.807, 2.05) is 14.1 Å². The fourth-order valence-corrected chi connectivity index (χ4v) is 1.67. The highest BCUT2D eigenvalue weighted by atomic mass is 16.6. The molecule has 0 N–H and O–H groups in total. The molecule has 0 amide bonds. The van der Waals surface area contributed by atoms with Crippen LogP contribution in [0.5, 0.6) is 5.75 Å². The Labute approximate surface area is 142 Å². The second-order valence-electron chi connectivity index (χ2n) is 5.24. The van der Waals surface area contributed by atoms with Crippen LogP contribution in [0, 0.1) is 10.1 Å². The van der Waals surface area contributed by atoms with Crippen molar-refractivity contribution in [2.24, 2.45) is 0 Å². The molecule has 8 nitrogen and oxygen atoms in total. The number of hydrogen-bond donors (Lipinski definition) is 0. The van der Waals surface area contributed by atoms with Crippen molar-refractivity contribution in [3.05, 3.63) is 34.4 Å². The van der Waals surface area contributed by atoms with Crippen molar-refractivity contribution in [3.63, 3.8) is 0 Å². The van der Waals surface area contributed by atoms with Crippen LogP contribution in [0.1, 0.15) is 0 Å². The maximum Gasteiger partial charge on any atom is 0.269 e. The third kappa shape index (κ3) is 10.1. The molecule has 0 aliphatic carbocycles. The van der Waals surface area contributed by atoms with Crippen LogP contribution in [0.15, 0.2) is 24.3 Å². The zero-order chi connectivity index (χ0) is 17.6. The number of non-ortho nitro benzene ring substituents is 1. The number of nitro groups is 1. The van der Waals surface area contributed by atoms with Crippen LogP contribution in [0.25, 0.3) is 0 Å². The van der Waals surface area contributed by atoms with Crippen LogP contribution in [-0.2, 0) is 14.2 Å². The van der Waals surface area contributed by atoms with Gasteiger partial charge in [-0.3, -0.25) is 10.1 Å². The molecule has 0 aromatic heterocycles. The van der Waals surface area contributed by atoms with Crippen molar-refractivity contribution in [1.82, 2.24) is 4.90 Å². The molecule has 0 heterocycles. The van der Waals surface area contributed by atoms with Crippen LogP contribution in [0.2, 0.25) is 0 Å². The van der Waals surface area contributed by atoms with Crippen molar-refractivity contribution >= 4 is 5.69 Å². The average Bonchev–Trinajstić information content (AvgIpc) is 2.56. The topological polar surface area (TPSA) is 83.3 Å². The molecule has 0 fully saturated rings. The first-order valence-electron chi connectivity index (χ1n) is 7.85. The molecule has 1 aromatic rings. The van der Waals surface area contributed by atoms with Crippen molar-refractivity contribution in [3.8, 4) is 5.75 Å². The van der Waals surface area contributed by atoms with Gasteiger partial charge in [-0.15, -0.1) is 0 Å². The summed E-state index contributed by atoms with van der Waals surface area (Å²) in [7, 11) is 4.01. The number of likely N-dealkylation sites (N-methyl/N-ethyl adjacent to an activating group) is 1. The van der Waals surface area contributed by atoms with E-state index in [2.05, 4.69) is 4.90 Å². The van der Waals surface area contributed by atoms with Crippen molar-refractivity contribution in [1.29, 1.82) is 0 Å². The quantitative estimate of drug-likeness (QED) is 0.288. The fourth-order valence-electron chi connectivity index (χ4n) is 1.67. The van der Waals surface area contributed by atoms with E-state index in [0.717, 1.165) is 6.54 Å². The lowest BCUT2D eigenvalue weighted by Crippen LogP contribution is -2.19. The Morgan fingerprint density at radius 1 is 0.875 bits per heavy atom. The Balaban J connectivity index is 1.89. The summed E-state index contributed by atoms with van der Waals surface area (Å²) in [6, 6.07) is 5.95. The lowest BCUT2D eigenvalue weighted by molar-refractivity contribution is -0.384. The third-order valence-electron chi connectivity index (χ3n) is 2.97. The van der Waals surface area contributed by atoms with Gasteiger partial charge < -0.3 is 23.8 Å². The van der Waals surface area contributed by atoms with Gasteiger partial charge in [0.05, 0.1) is 44.6 Å². The number of hydrogen-bond acceptors (Lipinski definition) is 7. The summed E-state index contributed by atoms with van der Waals surface area (Å²) in [5.74, 6) is 0.579. The van der Waals surface area contributed by atoms with Gasteiger partial charge >= 0.3 is 0 Å². The predicted octanol–water partition coefficient (Wildman–Crippen LogP) is 1.59. The molecule has 24 heavy (non-hydrogen) atoms. The first-order chi connectivity index (χ1) is 11.6. The minimum Gasteiger partial charge on any atom is -0.491 e. The summed E-state index contributed by atoms with van der Waals surface area (Å²) in [6.07, 6.45) is 0. The molecule has 0 spiro atoms. The van der Waals surface area contributed by atoms with E-state index >= 15 is 0 Å². The minimum absolute atomic E-state index is 0.0430. The highest BCUT2D eigenvalue weighted by Gasteiger charge is 2.04. The number of ether oxygens (including phenoxy) is 4. The van der Waals surface area contributed by atoms with Gasteiger partial charge in [-0.05, 0) is 26.2 Å². The van der Waals surface area contributed by atoms with Crippen LogP contribution < -0.4 is 4.74 Å². The van der Waals surface area contributed by atoms with Gasteiger partial charge in [-0.1, -0.05) is 0 Å². The summed E-state index contributed by atoms with van der Waals surface area (Å²) in [4.78, 5) is 12.1. The van der Waals surface area contributed by atoms with Gasteiger partial charge in [0.15, 0.2) is 0 Å². The molecular formula is C16H26N2O6.